The summed E-state index contributed by atoms with van der Waals surface area (Å²) in [7, 11) is 4.92. The molecule has 0 bridgehead atoms. The van der Waals surface area contributed by atoms with E-state index in [1.54, 1.807) is 48.8 Å². The second-order valence-electron chi connectivity index (χ2n) is 7.01. The maximum absolute atomic E-state index is 13.1. The van der Waals surface area contributed by atoms with Gasteiger partial charge >= 0.3 is 0 Å². The summed E-state index contributed by atoms with van der Waals surface area (Å²) in [6, 6.07) is 14.7. The fourth-order valence-electron chi connectivity index (χ4n) is 3.36. The average Bonchev–Trinajstić information content (AvgIpc) is 3.25. The number of carbonyl (C=O) groups is 1. The predicted molar refractivity (Wildman–Crippen MR) is 126 cm³/mol. The van der Waals surface area contributed by atoms with Crippen molar-refractivity contribution in [3.63, 3.8) is 0 Å². The van der Waals surface area contributed by atoms with Crippen LogP contribution in [0.3, 0.4) is 0 Å². The fraction of sp³-hybridized carbons (Fsp3) is 0.174. The van der Waals surface area contributed by atoms with Crippen molar-refractivity contribution in [3.05, 3.63) is 75.0 Å². The van der Waals surface area contributed by atoms with Gasteiger partial charge in [-0.1, -0.05) is 24.3 Å². The van der Waals surface area contributed by atoms with Crippen molar-refractivity contribution in [2.45, 2.75) is 6.92 Å². The van der Waals surface area contributed by atoms with E-state index in [9.17, 15) is 9.59 Å². The topological polar surface area (TPSA) is 86.9 Å². The van der Waals surface area contributed by atoms with Crippen LogP contribution >= 0.6 is 11.8 Å². The van der Waals surface area contributed by atoms with E-state index in [0.717, 1.165) is 11.3 Å². The van der Waals surface area contributed by atoms with Crippen molar-refractivity contribution in [3.8, 4) is 17.2 Å². The molecule has 4 rings (SSSR count). The standard InChI is InChI=1S/C23H22N4O4S/c1-14-20(22(29)27(26(14)2)16-8-6-5-7-9-16)24-23-25-21(28)19(32-23)13-15-10-11-17(30-3)18(12-15)31-4/h5-13H,1-4H3,(H,24,25,28)/b19-13+. The molecular weight excluding hydrogens is 428 g/mol. The Balaban J connectivity index is 1.66. The highest BCUT2D eigenvalue weighted by Crippen LogP contribution is 2.32. The smallest absolute Gasteiger partial charge is 0.297 e. The molecule has 3 aromatic rings. The molecular formula is C23H22N4O4S. The Bertz CT molecular complexity index is 1310. The fourth-order valence-corrected chi connectivity index (χ4v) is 4.19. The summed E-state index contributed by atoms with van der Waals surface area (Å²) in [5, 5.41) is 3.09. The van der Waals surface area contributed by atoms with E-state index < -0.39 is 0 Å². The second kappa shape index (κ2) is 8.80. The van der Waals surface area contributed by atoms with Gasteiger partial charge in [-0.05, 0) is 54.6 Å². The van der Waals surface area contributed by atoms with Crippen LogP contribution < -0.4 is 20.3 Å². The summed E-state index contributed by atoms with van der Waals surface area (Å²) in [6.45, 7) is 1.82. The molecule has 0 atom stereocenters. The summed E-state index contributed by atoms with van der Waals surface area (Å²) in [4.78, 5) is 30.5. The highest BCUT2D eigenvalue weighted by atomic mass is 32.2. The number of para-hydroxylation sites is 1. The Labute approximate surface area is 189 Å². The Morgan fingerprint density at radius 3 is 2.44 bits per heavy atom. The van der Waals surface area contributed by atoms with Crippen LogP contribution in [0.5, 0.6) is 11.5 Å². The van der Waals surface area contributed by atoms with Crippen LogP contribution in [0, 0.1) is 6.92 Å². The molecule has 1 aliphatic rings. The van der Waals surface area contributed by atoms with Crippen molar-refractivity contribution >= 4 is 34.6 Å². The third-order valence-corrected chi connectivity index (χ3v) is 6.00. The van der Waals surface area contributed by atoms with Crippen LogP contribution in [-0.4, -0.2) is 34.7 Å². The summed E-state index contributed by atoms with van der Waals surface area (Å²) in [5.41, 5.74) is 2.25. The molecule has 0 spiro atoms. The highest BCUT2D eigenvalue weighted by Gasteiger charge is 2.26. The molecule has 1 N–H and O–H groups in total. The lowest BCUT2D eigenvalue weighted by Crippen LogP contribution is -2.21. The second-order valence-corrected chi connectivity index (χ2v) is 8.04. The van der Waals surface area contributed by atoms with E-state index in [4.69, 9.17) is 9.47 Å². The predicted octanol–water partition coefficient (Wildman–Crippen LogP) is 3.39. The molecule has 164 valence electrons. The van der Waals surface area contributed by atoms with Crippen LogP contribution in [0.25, 0.3) is 11.8 Å². The lowest BCUT2D eigenvalue weighted by molar-refractivity contribution is -0.115. The van der Waals surface area contributed by atoms with Crippen molar-refractivity contribution in [1.82, 2.24) is 14.7 Å². The number of amides is 1. The van der Waals surface area contributed by atoms with Crippen molar-refractivity contribution in [1.29, 1.82) is 0 Å². The number of ether oxygens (including phenoxy) is 2. The summed E-state index contributed by atoms with van der Waals surface area (Å²) >= 11 is 1.18. The van der Waals surface area contributed by atoms with Crippen LogP contribution in [0.4, 0.5) is 5.69 Å². The molecule has 2 heterocycles. The minimum Gasteiger partial charge on any atom is -0.493 e. The monoisotopic (exact) mass is 450 g/mol. The third kappa shape index (κ3) is 3.94. The first-order chi connectivity index (χ1) is 15.4. The zero-order valence-corrected chi connectivity index (χ0v) is 18.9. The molecule has 1 amide bonds. The molecule has 9 heteroatoms. The van der Waals surface area contributed by atoms with E-state index in [2.05, 4.69) is 10.3 Å². The number of benzene rings is 2. The highest BCUT2D eigenvalue weighted by molar-refractivity contribution is 8.18. The van der Waals surface area contributed by atoms with Gasteiger partial charge < -0.3 is 14.8 Å². The van der Waals surface area contributed by atoms with Crippen molar-refractivity contribution < 1.29 is 14.3 Å². The van der Waals surface area contributed by atoms with Gasteiger partial charge in [0.25, 0.3) is 11.5 Å². The number of thioether (sulfide) groups is 1. The van der Waals surface area contributed by atoms with E-state index >= 15 is 0 Å². The number of rotatable bonds is 5. The third-order valence-electron chi connectivity index (χ3n) is 5.09. The maximum atomic E-state index is 13.1. The minimum absolute atomic E-state index is 0.254. The summed E-state index contributed by atoms with van der Waals surface area (Å²) < 4.78 is 13.9. The molecule has 0 saturated carbocycles. The number of aromatic nitrogens is 2. The molecule has 0 unspecified atom stereocenters. The van der Waals surface area contributed by atoms with Gasteiger partial charge in [0.15, 0.2) is 22.4 Å². The van der Waals surface area contributed by atoms with Crippen molar-refractivity contribution in [2.24, 2.45) is 12.0 Å². The first kappa shape index (κ1) is 21.5. The molecule has 8 nitrogen and oxygen atoms in total. The number of hydrogen-bond acceptors (Lipinski definition) is 6. The molecule has 0 aliphatic carbocycles. The van der Waals surface area contributed by atoms with E-state index in [1.807, 2.05) is 43.3 Å². The van der Waals surface area contributed by atoms with Crippen LogP contribution in [0.2, 0.25) is 0 Å². The van der Waals surface area contributed by atoms with Gasteiger partial charge in [0.2, 0.25) is 0 Å². The Hall–Kier alpha value is -3.72. The number of hydrogen-bond donors (Lipinski definition) is 1. The van der Waals surface area contributed by atoms with Gasteiger partial charge in [0.05, 0.1) is 30.5 Å². The molecule has 1 saturated heterocycles. The number of methoxy groups -OCH3 is 2. The van der Waals surface area contributed by atoms with Crippen LogP contribution in [0.1, 0.15) is 11.3 Å². The lowest BCUT2D eigenvalue weighted by atomic mass is 10.2. The van der Waals surface area contributed by atoms with Gasteiger partial charge in [0, 0.05) is 7.05 Å². The van der Waals surface area contributed by atoms with Gasteiger partial charge in [-0.3, -0.25) is 14.3 Å². The summed E-state index contributed by atoms with van der Waals surface area (Å²) in [5.74, 6) is 0.899. The van der Waals surface area contributed by atoms with E-state index in [-0.39, 0.29) is 17.2 Å². The maximum Gasteiger partial charge on any atom is 0.297 e. The number of carbonyl (C=O) groups excluding carboxylic acids is 1. The number of nitrogens with zero attached hydrogens (tertiary/aromatic N) is 3. The zero-order chi connectivity index (χ0) is 22.8. The Morgan fingerprint density at radius 1 is 1.03 bits per heavy atom. The average molecular weight is 451 g/mol. The minimum atomic E-state index is -0.277. The molecule has 2 aromatic carbocycles. The van der Waals surface area contributed by atoms with E-state index in [1.165, 1.54) is 11.8 Å². The van der Waals surface area contributed by atoms with Gasteiger partial charge in [0.1, 0.15) is 0 Å². The SMILES string of the molecule is COc1ccc(/C=C2/SC(=Nc3c(C)n(C)n(-c4ccccc4)c3=O)NC2=O)cc1OC. The van der Waals surface area contributed by atoms with Gasteiger partial charge in [-0.15, -0.1) is 0 Å². The Kier molecular flexibility index (Phi) is 5.91. The van der Waals surface area contributed by atoms with E-state index in [0.29, 0.717) is 27.3 Å². The quantitative estimate of drug-likeness (QED) is 0.602. The molecule has 32 heavy (non-hydrogen) atoms. The van der Waals surface area contributed by atoms with Crippen LogP contribution in [0.15, 0.2) is 63.2 Å². The first-order valence-electron chi connectivity index (χ1n) is 9.78. The lowest BCUT2D eigenvalue weighted by Gasteiger charge is -2.07. The first-order valence-corrected chi connectivity index (χ1v) is 10.6. The van der Waals surface area contributed by atoms with Crippen molar-refractivity contribution in [2.75, 3.05) is 14.2 Å². The number of nitrogens with one attached hydrogen (secondary N) is 1. The van der Waals surface area contributed by atoms with Crippen LogP contribution in [-0.2, 0) is 11.8 Å². The molecule has 0 radical (unpaired) electrons. The molecule has 1 aromatic heterocycles. The Morgan fingerprint density at radius 2 is 1.75 bits per heavy atom. The number of aliphatic imine (C=N–C) groups is 1. The zero-order valence-electron chi connectivity index (χ0n) is 18.1. The number of amidine groups is 1. The normalized spacial score (nSPS) is 15.9. The molecule has 1 fully saturated rings. The largest absolute Gasteiger partial charge is 0.493 e. The molecule has 1 aliphatic heterocycles. The van der Waals surface area contributed by atoms with Gasteiger partial charge in [-0.25, -0.2) is 9.67 Å². The summed E-state index contributed by atoms with van der Waals surface area (Å²) in [6.07, 6.45) is 1.74. The van der Waals surface area contributed by atoms with Gasteiger partial charge in [-0.2, -0.15) is 0 Å².